The lowest BCUT2D eigenvalue weighted by atomic mass is 9.97. The van der Waals surface area contributed by atoms with Crippen LogP contribution < -0.4 is 10.6 Å². The largest absolute Gasteiger partial charge is 0.389 e. The molecule has 3 nitrogen and oxygen atoms in total. The highest BCUT2D eigenvalue weighted by atomic mass is 16.3. The van der Waals surface area contributed by atoms with Gasteiger partial charge in [0.1, 0.15) is 0 Å². The van der Waals surface area contributed by atoms with Crippen molar-refractivity contribution in [1.82, 2.24) is 0 Å². The third-order valence-electron chi connectivity index (χ3n) is 2.85. The number of nitrogens with zero attached hydrogens (tertiary/aromatic N) is 1. The fourth-order valence-corrected chi connectivity index (χ4v) is 2.34. The Labute approximate surface area is 96.9 Å². The molecule has 2 rings (SSSR count). The third-order valence-corrected chi connectivity index (χ3v) is 2.85. The average molecular weight is 220 g/mol. The molecule has 0 saturated heterocycles. The molecule has 1 aromatic rings. The van der Waals surface area contributed by atoms with Crippen molar-refractivity contribution >= 4 is 5.69 Å². The van der Waals surface area contributed by atoms with Gasteiger partial charge in [0.2, 0.25) is 0 Å². The van der Waals surface area contributed by atoms with Crippen LogP contribution in [0.15, 0.2) is 24.3 Å². The quantitative estimate of drug-likeness (QED) is 0.786. The van der Waals surface area contributed by atoms with E-state index in [1.807, 2.05) is 26.0 Å². The topological polar surface area (TPSA) is 49.5 Å². The van der Waals surface area contributed by atoms with Gasteiger partial charge in [-0.05, 0) is 31.9 Å². The van der Waals surface area contributed by atoms with Crippen LogP contribution >= 0.6 is 0 Å². The highest BCUT2D eigenvalue weighted by molar-refractivity contribution is 5.56. The van der Waals surface area contributed by atoms with Crippen LogP contribution in [-0.4, -0.2) is 29.8 Å². The lowest BCUT2D eigenvalue weighted by Crippen LogP contribution is -2.48. The van der Waals surface area contributed by atoms with Crippen molar-refractivity contribution in [3.8, 4) is 0 Å². The summed E-state index contributed by atoms with van der Waals surface area (Å²) in [5.74, 6) is 0. The highest BCUT2D eigenvalue weighted by Crippen LogP contribution is 2.27. The van der Waals surface area contributed by atoms with Gasteiger partial charge in [-0.3, -0.25) is 0 Å². The Bertz CT molecular complexity index is 370. The van der Waals surface area contributed by atoms with Crippen molar-refractivity contribution < 1.29 is 5.11 Å². The smallest absolute Gasteiger partial charge is 0.0765 e. The molecule has 1 aliphatic rings. The molecule has 0 radical (unpaired) electrons. The molecular formula is C13H20N2O. The van der Waals surface area contributed by atoms with E-state index in [0.717, 1.165) is 13.0 Å². The number of nitrogens with two attached hydrogens (primary N) is 1. The fraction of sp³-hybridized carbons (Fsp3) is 0.538. The molecule has 1 aliphatic heterocycles. The first-order valence-electron chi connectivity index (χ1n) is 5.76. The number of aliphatic hydroxyl groups is 1. The maximum absolute atomic E-state index is 9.90. The van der Waals surface area contributed by atoms with Crippen molar-refractivity contribution in [2.45, 2.75) is 31.9 Å². The molecule has 1 unspecified atom stereocenters. The first kappa shape index (κ1) is 11.4. The summed E-state index contributed by atoms with van der Waals surface area (Å²) >= 11 is 0. The van der Waals surface area contributed by atoms with Crippen molar-refractivity contribution in [3.63, 3.8) is 0 Å². The SMILES string of the molecule is CC(C)(O)CN1CC(N)Cc2ccccc21. The Hall–Kier alpha value is -1.06. The van der Waals surface area contributed by atoms with Crippen LogP contribution in [-0.2, 0) is 6.42 Å². The van der Waals surface area contributed by atoms with Crippen LogP contribution in [0.25, 0.3) is 0 Å². The molecule has 3 heteroatoms. The zero-order valence-corrected chi connectivity index (χ0v) is 9.98. The summed E-state index contributed by atoms with van der Waals surface area (Å²) in [4.78, 5) is 2.18. The number of benzene rings is 1. The first-order valence-corrected chi connectivity index (χ1v) is 5.76. The van der Waals surface area contributed by atoms with E-state index < -0.39 is 5.60 Å². The number of fused-ring (bicyclic) bond motifs is 1. The molecule has 1 atom stereocenters. The summed E-state index contributed by atoms with van der Waals surface area (Å²) in [6, 6.07) is 8.46. The van der Waals surface area contributed by atoms with E-state index in [1.54, 1.807) is 0 Å². The summed E-state index contributed by atoms with van der Waals surface area (Å²) < 4.78 is 0. The molecule has 0 spiro atoms. The monoisotopic (exact) mass is 220 g/mol. The summed E-state index contributed by atoms with van der Waals surface area (Å²) in [5, 5.41) is 9.90. The lowest BCUT2D eigenvalue weighted by Gasteiger charge is -2.37. The second-order valence-corrected chi connectivity index (χ2v) is 5.29. The van der Waals surface area contributed by atoms with Crippen molar-refractivity contribution in [2.24, 2.45) is 5.73 Å². The normalized spacial score (nSPS) is 20.8. The van der Waals surface area contributed by atoms with Gasteiger partial charge in [0.15, 0.2) is 0 Å². The Balaban J connectivity index is 2.27. The van der Waals surface area contributed by atoms with E-state index in [9.17, 15) is 5.11 Å². The maximum Gasteiger partial charge on any atom is 0.0765 e. The van der Waals surface area contributed by atoms with E-state index in [4.69, 9.17) is 5.73 Å². The van der Waals surface area contributed by atoms with Crippen molar-refractivity contribution in [2.75, 3.05) is 18.0 Å². The van der Waals surface area contributed by atoms with Crippen LogP contribution in [0.3, 0.4) is 0 Å². The summed E-state index contributed by atoms with van der Waals surface area (Å²) in [6.07, 6.45) is 0.929. The molecule has 1 aromatic carbocycles. The number of anilines is 1. The van der Waals surface area contributed by atoms with E-state index in [0.29, 0.717) is 6.54 Å². The first-order chi connectivity index (χ1) is 7.46. The molecule has 0 aliphatic carbocycles. The van der Waals surface area contributed by atoms with Crippen molar-refractivity contribution in [1.29, 1.82) is 0 Å². The van der Waals surface area contributed by atoms with Gasteiger partial charge < -0.3 is 15.7 Å². The summed E-state index contributed by atoms with van der Waals surface area (Å²) in [7, 11) is 0. The predicted octanol–water partition coefficient (Wildman–Crippen LogP) is 1.15. The van der Waals surface area contributed by atoms with Crippen LogP contribution in [0.4, 0.5) is 5.69 Å². The molecule has 3 N–H and O–H groups in total. The minimum atomic E-state index is -0.690. The number of hydrogen-bond donors (Lipinski definition) is 2. The average Bonchev–Trinajstić information content (AvgIpc) is 2.14. The minimum absolute atomic E-state index is 0.164. The molecule has 88 valence electrons. The molecule has 0 amide bonds. The van der Waals surface area contributed by atoms with E-state index in [2.05, 4.69) is 17.0 Å². The van der Waals surface area contributed by atoms with Crippen LogP contribution in [0, 0.1) is 0 Å². The van der Waals surface area contributed by atoms with Crippen LogP contribution in [0.5, 0.6) is 0 Å². The molecule has 0 saturated carbocycles. The molecular weight excluding hydrogens is 200 g/mol. The highest BCUT2D eigenvalue weighted by Gasteiger charge is 2.25. The van der Waals surface area contributed by atoms with Gasteiger partial charge in [-0.1, -0.05) is 18.2 Å². The Morgan fingerprint density at radius 2 is 2.12 bits per heavy atom. The van der Waals surface area contributed by atoms with E-state index in [-0.39, 0.29) is 6.04 Å². The Kier molecular flexibility index (Phi) is 2.91. The van der Waals surface area contributed by atoms with Gasteiger partial charge in [0, 0.05) is 24.8 Å². The standard InChI is InChI=1S/C13H20N2O/c1-13(2,16)9-15-8-11(14)7-10-5-3-4-6-12(10)15/h3-6,11,16H,7-9,14H2,1-2H3. The second-order valence-electron chi connectivity index (χ2n) is 5.29. The number of β-amino-alcohol motifs (C(OH)–C–C–N with tert-alkyl or cyclic N) is 1. The zero-order valence-electron chi connectivity index (χ0n) is 9.98. The van der Waals surface area contributed by atoms with E-state index >= 15 is 0 Å². The molecule has 16 heavy (non-hydrogen) atoms. The number of hydrogen-bond acceptors (Lipinski definition) is 3. The molecule has 0 aromatic heterocycles. The maximum atomic E-state index is 9.90. The predicted molar refractivity (Wildman–Crippen MR) is 66.6 cm³/mol. The third kappa shape index (κ3) is 2.54. The van der Waals surface area contributed by atoms with Gasteiger partial charge in [0.05, 0.1) is 5.60 Å². The number of para-hydroxylation sites is 1. The van der Waals surface area contributed by atoms with Gasteiger partial charge in [-0.25, -0.2) is 0 Å². The number of rotatable bonds is 2. The van der Waals surface area contributed by atoms with E-state index in [1.165, 1.54) is 11.3 Å². The molecule has 0 bridgehead atoms. The Morgan fingerprint density at radius 3 is 2.81 bits per heavy atom. The van der Waals surface area contributed by atoms with Gasteiger partial charge in [-0.2, -0.15) is 0 Å². The van der Waals surface area contributed by atoms with Crippen LogP contribution in [0.1, 0.15) is 19.4 Å². The summed E-state index contributed by atoms with van der Waals surface area (Å²) in [6.45, 7) is 5.10. The van der Waals surface area contributed by atoms with Gasteiger partial charge in [-0.15, -0.1) is 0 Å². The second kappa shape index (κ2) is 4.07. The zero-order chi connectivity index (χ0) is 11.8. The fourth-order valence-electron chi connectivity index (χ4n) is 2.34. The minimum Gasteiger partial charge on any atom is -0.389 e. The Morgan fingerprint density at radius 1 is 1.44 bits per heavy atom. The van der Waals surface area contributed by atoms with Gasteiger partial charge >= 0.3 is 0 Å². The lowest BCUT2D eigenvalue weighted by molar-refractivity contribution is 0.0867. The summed E-state index contributed by atoms with van der Waals surface area (Å²) in [5.41, 5.74) is 7.84. The van der Waals surface area contributed by atoms with Crippen molar-refractivity contribution in [3.05, 3.63) is 29.8 Å². The van der Waals surface area contributed by atoms with Crippen LogP contribution in [0.2, 0.25) is 0 Å². The molecule has 1 heterocycles. The van der Waals surface area contributed by atoms with Gasteiger partial charge in [0.25, 0.3) is 0 Å². The molecule has 0 fully saturated rings.